The molecule has 0 atom stereocenters. The average Bonchev–Trinajstić information content (AvgIpc) is 2.49. The van der Waals surface area contributed by atoms with Crippen LogP contribution in [0.1, 0.15) is 58.8 Å². The standard InChI is InChI=1S/C18H25F2NO/c1-18(2,13-6-4-3-5-7-13)11-10-17(22)21-16-9-8-14(19)12-15(16)20/h8-9,12-13H,3-7,10-11H2,1-2H3,(H,21,22). The Morgan fingerprint density at radius 1 is 1.23 bits per heavy atom. The van der Waals surface area contributed by atoms with E-state index in [-0.39, 0.29) is 17.0 Å². The number of halogens is 2. The maximum absolute atomic E-state index is 13.5. The maximum atomic E-state index is 13.5. The minimum Gasteiger partial charge on any atom is -0.324 e. The van der Waals surface area contributed by atoms with Gasteiger partial charge in [-0.3, -0.25) is 4.79 Å². The summed E-state index contributed by atoms with van der Waals surface area (Å²) in [5, 5.41) is 2.53. The molecule has 1 amide bonds. The lowest BCUT2D eigenvalue weighted by atomic mass is 9.69. The summed E-state index contributed by atoms with van der Waals surface area (Å²) in [6.45, 7) is 4.43. The van der Waals surface area contributed by atoms with Crippen LogP contribution in [0.25, 0.3) is 0 Å². The molecule has 0 aromatic heterocycles. The Labute approximate surface area is 131 Å². The molecule has 1 saturated carbocycles. The van der Waals surface area contributed by atoms with Gasteiger partial charge in [0.2, 0.25) is 5.91 Å². The molecule has 1 aliphatic rings. The van der Waals surface area contributed by atoms with Crippen LogP contribution in [0.15, 0.2) is 18.2 Å². The molecule has 1 N–H and O–H groups in total. The summed E-state index contributed by atoms with van der Waals surface area (Å²) in [7, 11) is 0. The second-order valence-electron chi connectivity index (χ2n) is 7.00. The van der Waals surface area contributed by atoms with Gasteiger partial charge in [-0.2, -0.15) is 0 Å². The molecule has 4 heteroatoms. The molecule has 0 radical (unpaired) electrons. The molecule has 2 rings (SSSR count). The molecule has 0 bridgehead atoms. The minimum absolute atomic E-state index is 0.0434. The van der Waals surface area contributed by atoms with Crippen molar-refractivity contribution in [3.63, 3.8) is 0 Å². The summed E-state index contributed by atoms with van der Waals surface area (Å²) in [5.74, 6) is -0.931. The van der Waals surface area contributed by atoms with Crippen LogP contribution in [0.5, 0.6) is 0 Å². The van der Waals surface area contributed by atoms with Crippen molar-refractivity contribution in [2.75, 3.05) is 5.32 Å². The first kappa shape index (κ1) is 16.9. The highest BCUT2D eigenvalue weighted by Crippen LogP contribution is 2.41. The lowest BCUT2D eigenvalue weighted by molar-refractivity contribution is -0.117. The zero-order valence-corrected chi connectivity index (χ0v) is 13.4. The van der Waals surface area contributed by atoms with E-state index in [1.54, 1.807) is 0 Å². The predicted octanol–water partition coefficient (Wildman–Crippen LogP) is 5.29. The molecule has 0 spiro atoms. The summed E-state index contributed by atoms with van der Waals surface area (Å²) in [5.41, 5.74) is 0.168. The first-order valence-electron chi connectivity index (χ1n) is 8.13. The molecule has 1 fully saturated rings. The molecular formula is C18H25F2NO. The van der Waals surface area contributed by atoms with Gasteiger partial charge in [-0.15, -0.1) is 0 Å². The number of hydrogen-bond acceptors (Lipinski definition) is 1. The SMILES string of the molecule is CC(C)(CCC(=O)Nc1ccc(F)cc1F)C1CCCCC1. The Balaban J connectivity index is 1.86. The van der Waals surface area contributed by atoms with E-state index >= 15 is 0 Å². The van der Waals surface area contributed by atoms with Crippen molar-refractivity contribution in [3.05, 3.63) is 29.8 Å². The predicted molar refractivity (Wildman–Crippen MR) is 84.6 cm³/mol. The Bertz CT molecular complexity index is 522. The number of nitrogens with one attached hydrogen (secondary N) is 1. The van der Waals surface area contributed by atoms with Crippen molar-refractivity contribution >= 4 is 11.6 Å². The molecule has 0 aliphatic heterocycles. The second-order valence-corrected chi connectivity index (χ2v) is 7.00. The van der Waals surface area contributed by atoms with E-state index in [2.05, 4.69) is 19.2 Å². The third-order valence-electron chi connectivity index (χ3n) is 4.91. The minimum atomic E-state index is -0.736. The fourth-order valence-corrected chi connectivity index (χ4v) is 3.33. The van der Waals surface area contributed by atoms with Crippen molar-refractivity contribution in [2.24, 2.45) is 11.3 Å². The Morgan fingerprint density at radius 2 is 1.91 bits per heavy atom. The highest BCUT2D eigenvalue weighted by atomic mass is 19.1. The van der Waals surface area contributed by atoms with Crippen LogP contribution in [-0.2, 0) is 4.79 Å². The molecule has 0 heterocycles. The van der Waals surface area contributed by atoms with E-state index in [0.29, 0.717) is 12.3 Å². The fourth-order valence-electron chi connectivity index (χ4n) is 3.33. The quantitative estimate of drug-likeness (QED) is 0.786. The fraction of sp³-hybridized carbons (Fsp3) is 0.611. The summed E-state index contributed by atoms with van der Waals surface area (Å²) in [6.07, 6.45) is 7.49. The maximum Gasteiger partial charge on any atom is 0.224 e. The van der Waals surface area contributed by atoms with Gasteiger partial charge in [-0.25, -0.2) is 8.78 Å². The number of amides is 1. The smallest absolute Gasteiger partial charge is 0.224 e. The average molecular weight is 309 g/mol. The number of carbonyl (C=O) groups excluding carboxylic acids is 1. The van der Waals surface area contributed by atoms with Crippen molar-refractivity contribution in [2.45, 2.75) is 58.8 Å². The summed E-state index contributed by atoms with van der Waals surface area (Å²) < 4.78 is 26.4. The van der Waals surface area contributed by atoms with Gasteiger partial charge < -0.3 is 5.32 Å². The number of benzene rings is 1. The topological polar surface area (TPSA) is 29.1 Å². The number of carbonyl (C=O) groups is 1. The van der Waals surface area contributed by atoms with Crippen molar-refractivity contribution in [3.8, 4) is 0 Å². The molecule has 22 heavy (non-hydrogen) atoms. The molecular weight excluding hydrogens is 284 g/mol. The number of anilines is 1. The van der Waals surface area contributed by atoms with Gasteiger partial charge >= 0.3 is 0 Å². The molecule has 0 unspecified atom stereocenters. The molecule has 122 valence electrons. The summed E-state index contributed by atoms with van der Waals surface area (Å²) >= 11 is 0. The van der Waals surface area contributed by atoms with Crippen molar-refractivity contribution in [1.82, 2.24) is 0 Å². The van der Waals surface area contributed by atoms with E-state index in [4.69, 9.17) is 0 Å². The van der Waals surface area contributed by atoms with E-state index in [0.717, 1.165) is 18.6 Å². The first-order valence-corrected chi connectivity index (χ1v) is 8.13. The Kier molecular flexibility index (Phi) is 5.54. The molecule has 1 aromatic carbocycles. The first-order chi connectivity index (χ1) is 10.4. The molecule has 0 saturated heterocycles. The highest BCUT2D eigenvalue weighted by molar-refractivity contribution is 5.90. The Hall–Kier alpha value is -1.45. The monoisotopic (exact) mass is 309 g/mol. The third kappa shape index (κ3) is 4.52. The number of hydrogen-bond donors (Lipinski definition) is 1. The second kappa shape index (κ2) is 7.21. The lowest BCUT2D eigenvalue weighted by Gasteiger charge is -2.37. The van der Waals surface area contributed by atoms with Gasteiger partial charge in [0, 0.05) is 12.5 Å². The van der Waals surface area contributed by atoms with Gasteiger partial charge in [-0.1, -0.05) is 33.1 Å². The largest absolute Gasteiger partial charge is 0.324 e. The van der Waals surface area contributed by atoms with E-state index in [9.17, 15) is 13.6 Å². The van der Waals surface area contributed by atoms with Gasteiger partial charge in [0.25, 0.3) is 0 Å². The molecule has 2 nitrogen and oxygen atoms in total. The highest BCUT2D eigenvalue weighted by Gasteiger charge is 2.30. The van der Waals surface area contributed by atoms with E-state index in [1.807, 2.05) is 0 Å². The summed E-state index contributed by atoms with van der Waals surface area (Å²) in [4.78, 5) is 12.0. The van der Waals surface area contributed by atoms with Gasteiger partial charge in [0.1, 0.15) is 11.6 Å². The van der Waals surface area contributed by atoms with Crippen LogP contribution in [0.2, 0.25) is 0 Å². The summed E-state index contributed by atoms with van der Waals surface area (Å²) in [6, 6.07) is 3.18. The van der Waals surface area contributed by atoms with Gasteiger partial charge in [-0.05, 0) is 42.7 Å². The molecule has 1 aromatic rings. The third-order valence-corrected chi connectivity index (χ3v) is 4.91. The van der Waals surface area contributed by atoms with Crippen LogP contribution in [0.4, 0.5) is 14.5 Å². The molecule has 1 aliphatic carbocycles. The Morgan fingerprint density at radius 3 is 2.55 bits per heavy atom. The lowest BCUT2D eigenvalue weighted by Crippen LogP contribution is -2.28. The van der Waals surface area contributed by atoms with E-state index < -0.39 is 11.6 Å². The van der Waals surface area contributed by atoms with Crippen molar-refractivity contribution < 1.29 is 13.6 Å². The zero-order chi connectivity index (χ0) is 16.2. The van der Waals surface area contributed by atoms with Crippen LogP contribution < -0.4 is 5.32 Å². The normalized spacial score (nSPS) is 16.5. The van der Waals surface area contributed by atoms with E-state index in [1.165, 1.54) is 38.2 Å². The van der Waals surface area contributed by atoms with Crippen LogP contribution >= 0.6 is 0 Å². The van der Waals surface area contributed by atoms with Crippen molar-refractivity contribution in [1.29, 1.82) is 0 Å². The number of rotatable bonds is 5. The van der Waals surface area contributed by atoms with Gasteiger partial charge in [0.05, 0.1) is 5.69 Å². The van der Waals surface area contributed by atoms with Crippen LogP contribution in [0, 0.1) is 23.0 Å². The van der Waals surface area contributed by atoms with Crippen LogP contribution in [-0.4, -0.2) is 5.91 Å². The zero-order valence-electron chi connectivity index (χ0n) is 13.4. The van der Waals surface area contributed by atoms with Gasteiger partial charge in [0.15, 0.2) is 0 Å². The van der Waals surface area contributed by atoms with Crippen LogP contribution in [0.3, 0.4) is 0 Å².